The van der Waals surface area contributed by atoms with Crippen molar-refractivity contribution in [2.45, 2.75) is 0 Å². The van der Waals surface area contributed by atoms with Gasteiger partial charge in [0, 0.05) is 14.5 Å². The minimum absolute atomic E-state index is 0.0713. The van der Waals surface area contributed by atoms with Gasteiger partial charge in [0.2, 0.25) is 0 Å². The Balaban J connectivity index is 2.36. The van der Waals surface area contributed by atoms with Crippen molar-refractivity contribution < 1.29 is 10.0 Å². The first-order valence-corrected chi connectivity index (χ1v) is 7.81. The summed E-state index contributed by atoms with van der Waals surface area (Å²) in [6, 6.07) is 6.88. The zero-order chi connectivity index (χ0) is 14.7. The molecule has 5 nitrogen and oxygen atoms in total. The zero-order valence-corrected chi connectivity index (χ0v) is 13.9. The van der Waals surface area contributed by atoms with E-state index in [1.165, 1.54) is 11.3 Å². The lowest BCUT2D eigenvalue weighted by Crippen LogP contribution is -2.19. The van der Waals surface area contributed by atoms with Crippen molar-refractivity contribution in [3.8, 4) is 0 Å². The molecule has 1 heterocycles. The van der Waals surface area contributed by atoms with E-state index in [9.17, 15) is 4.79 Å². The largest absolute Gasteiger partial charge is 0.409 e. The van der Waals surface area contributed by atoms with Crippen molar-refractivity contribution in [3.63, 3.8) is 0 Å². The number of carbonyl (C=O) groups excluding carboxylic acids is 1. The van der Waals surface area contributed by atoms with Crippen LogP contribution in [0.3, 0.4) is 0 Å². The molecule has 20 heavy (non-hydrogen) atoms. The number of amides is 1. The molecule has 4 N–H and O–H groups in total. The Morgan fingerprint density at radius 1 is 1.35 bits per heavy atom. The highest BCUT2D eigenvalue weighted by molar-refractivity contribution is 9.10. The summed E-state index contributed by atoms with van der Waals surface area (Å²) in [6.45, 7) is 0. The van der Waals surface area contributed by atoms with Crippen LogP contribution in [0.25, 0.3) is 0 Å². The second-order valence-corrected chi connectivity index (χ2v) is 6.41. The summed E-state index contributed by atoms with van der Waals surface area (Å²) >= 11 is 7.95. The van der Waals surface area contributed by atoms with Crippen LogP contribution in [0.5, 0.6) is 0 Å². The Labute approximate surface area is 135 Å². The molecule has 0 unspecified atom stereocenters. The molecule has 0 saturated carbocycles. The molecular weight excluding hydrogens is 410 g/mol. The zero-order valence-electron chi connectivity index (χ0n) is 9.93. The molecule has 0 bridgehead atoms. The molecule has 2 aromatic rings. The maximum atomic E-state index is 12.2. The van der Waals surface area contributed by atoms with Gasteiger partial charge >= 0.3 is 0 Å². The van der Waals surface area contributed by atoms with Crippen molar-refractivity contribution >= 4 is 60.6 Å². The third-order valence-corrected chi connectivity index (χ3v) is 4.77. The summed E-state index contributed by atoms with van der Waals surface area (Å²) in [4.78, 5) is 12.7. The van der Waals surface area contributed by atoms with Gasteiger partial charge < -0.3 is 16.3 Å². The summed E-state index contributed by atoms with van der Waals surface area (Å²) in [7, 11) is 0. The van der Waals surface area contributed by atoms with Gasteiger partial charge in [-0.1, -0.05) is 21.1 Å². The highest BCUT2D eigenvalue weighted by Gasteiger charge is 2.15. The summed E-state index contributed by atoms with van der Waals surface area (Å²) in [5.74, 6) is -0.338. The number of rotatable bonds is 3. The van der Waals surface area contributed by atoms with E-state index in [1.807, 2.05) is 5.38 Å². The molecule has 104 valence electrons. The van der Waals surface area contributed by atoms with Crippen LogP contribution in [0.15, 0.2) is 43.7 Å². The van der Waals surface area contributed by atoms with E-state index < -0.39 is 0 Å². The molecule has 2 rings (SSSR count). The number of hydrogen-bond acceptors (Lipinski definition) is 4. The van der Waals surface area contributed by atoms with Gasteiger partial charge in [-0.2, -0.15) is 0 Å². The van der Waals surface area contributed by atoms with Crippen molar-refractivity contribution in [2.24, 2.45) is 10.9 Å². The molecule has 0 radical (unpaired) electrons. The highest BCUT2D eigenvalue weighted by Crippen LogP contribution is 2.26. The average Bonchev–Trinajstić information content (AvgIpc) is 2.84. The first kappa shape index (κ1) is 15.0. The Kier molecular flexibility index (Phi) is 4.79. The van der Waals surface area contributed by atoms with E-state index >= 15 is 0 Å². The number of amidine groups is 1. The predicted molar refractivity (Wildman–Crippen MR) is 86.6 cm³/mol. The van der Waals surface area contributed by atoms with Gasteiger partial charge in [-0.25, -0.2) is 0 Å². The van der Waals surface area contributed by atoms with Gasteiger partial charge in [0.05, 0.1) is 5.69 Å². The van der Waals surface area contributed by atoms with Gasteiger partial charge in [-0.15, -0.1) is 11.3 Å². The van der Waals surface area contributed by atoms with Crippen molar-refractivity contribution in [1.29, 1.82) is 0 Å². The van der Waals surface area contributed by atoms with E-state index in [2.05, 4.69) is 42.3 Å². The quantitative estimate of drug-likeness (QED) is 0.308. The minimum atomic E-state index is -0.267. The lowest BCUT2D eigenvalue weighted by Gasteiger charge is -2.10. The Morgan fingerprint density at radius 3 is 2.70 bits per heavy atom. The normalized spacial score (nSPS) is 11.4. The first-order chi connectivity index (χ1) is 9.52. The SMILES string of the molecule is N/C(=N/O)c1ccc(Br)cc1NC(=O)c1sccc1Br. The molecule has 0 aliphatic rings. The summed E-state index contributed by atoms with van der Waals surface area (Å²) < 4.78 is 1.49. The second kappa shape index (κ2) is 6.38. The fraction of sp³-hybridized carbons (Fsp3) is 0. The summed E-state index contributed by atoms with van der Waals surface area (Å²) in [6.07, 6.45) is 0. The number of benzene rings is 1. The number of halogens is 2. The first-order valence-electron chi connectivity index (χ1n) is 5.34. The molecule has 8 heteroatoms. The molecular formula is C12H9Br2N3O2S. The van der Waals surface area contributed by atoms with Crippen molar-refractivity contribution in [2.75, 3.05) is 5.32 Å². The smallest absolute Gasteiger partial charge is 0.266 e. The van der Waals surface area contributed by atoms with Crippen LogP contribution in [-0.2, 0) is 0 Å². The maximum absolute atomic E-state index is 12.2. The van der Waals surface area contributed by atoms with Crippen LogP contribution in [-0.4, -0.2) is 17.0 Å². The number of nitrogens with one attached hydrogen (secondary N) is 1. The summed E-state index contributed by atoms with van der Waals surface area (Å²) in [5.41, 5.74) is 6.50. The predicted octanol–water partition coefficient (Wildman–Crippen LogP) is 3.62. The van der Waals surface area contributed by atoms with E-state index in [0.717, 1.165) is 8.95 Å². The van der Waals surface area contributed by atoms with Crippen molar-refractivity contribution in [3.05, 3.63) is 49.0 Å². The van der Waals surface area contributed by atoms with Crippen LogP contribution in [0.2, 0.25) is 0 Å². The van der Waals surface area contributed by atoms with Crippen LogP contribution < -0.4 is 11.1 Å². The van der Waals surface area contributed by atoms with Gasteiger partial charge in [0.15, 0.2) is 5.84 Å². The molecule has 0 spiro atoms. The minimum Gasteiger partial charge on any atom is -0.409 e. The van der Waals surface area contributed by atoms with E-state index in [-0.39, 0.29) is 11.7 Å². The Hall–Kier alpha value is -1.38. The monoisotopic (exact) mass is 417 g/mol. The topological polar surface area (TPSA) is 87.7 Å². The molecule has 0 fully saturated rings. The van der Waals surface area contributed by atoms with Gasteiger partial charge in [0.1, 0.15) is 4.88 Å². The van der Waals surface area contributed by atoms with Gasteiger partial charge in [-0.05, 0) is 45.6 Å². The molecule has 0 atom stereocenters. The highest BCUT2D eigenvalue weighted by atomic mass is 79.9. The number of nitrogens with two attached hydrogens (primary N) is 1. The number of carbonyl (C=O) groups is 1. The second-order valence-electron chi connectivity index (χ2n) is 3.73. The molecule has 0 saturated heterocycles. The maximum Gasteiger partial charge on any atom is 0.266 e. The molecule has 0 aliphatic carbocycles. The fourth-order valence-electron chi connectivity index (χ4n) is 1.53. The van der Waals surface area contributed by atoms with Gasteiger partial charge in [0.25, 0.3) is 5.91 Å². The van der Waals surface area contributed by atoms with E-state index in [0.29, 0.717) is 16.1 Å². The van der Waals surface area contributed by atoms with E-state index in [4.69, 9.17) is 10.9 Å². The van der Waals surface area contributed by atoms with Crippen LogP contribution in [0.1, 0.15) is 15.2 Å². The Morgan fingerprint density at radius 2 is 2.10 bits per heavy atom. The number of thiophene rings is 1. The average molecular weight is 419 g/mol. The van der Waals surface area contributed by atoms with Gasteiger partial charge in [-0.3, -0.25) is 4.79 Å². The molecule has 1 aromatic heterocycles. The lowest BCUT2D eigenvalue weighted by molar-refractivity contribution is 0.103. The van der Waals surface area contributed by atoms with Crippen LogP contribution >= 0.6 is 43.2 Å². The number of hydrogen-bond donors (Lipinski definition) is 3. The fourth-order valence-corrected chi connectivity index (χ4v) is 3.34. The van der Waals surface area contributed by atoms with Crippen molar-refractivity contribution in [1.82, 2.24) is 0 Å². The number of nitrogens with zero attached hydrogens (tertiary/aromatic N) is 1. The standard InChI is InChI=1S/C12H9Br2N3O2S/c13-6-1-2-7(11(15)17-19)9(5-6)16-12(18)10-8(14)3-4-20-10/h1-5,19H,(H2,15,17)(H,16,18). The van der Waals surface area contributed by atoms with Crippen LogP contribution in [0, 0.1) is 0 Å². The molecule has 0 aliphatic heterocycles. The van der Waals surface area contributed by atoms with Crippen LogP contribution in [0.4, 0.5) is 5.69 Å². The summed E-state index contributed by atoms with van der Waals surface area (Å²) in [5, 5.41) is 16.3. The lowest BCUT2D eigenvalue weighted by atomic mass is 10.1. The molecule has 1 amide bonds. The Bertz CT molecular complexity index is 685. The number of anilines is 1. The number of oxime groups is 1. The molecule has 1 aromatic carbocycles. The third-order valence-electron chi connectivity index (χ3n) is 2.44. The van der Waals surface area contributed by atoms with E-state index in [1.54, 1.807) is 24.3 Å². The third kappa shape index (κ3) is 3.20.